The summed E-state index contributed by atoms with van der Waals surface area (Å²) in [5, 5.41) is 0. The average Bonchev–Trinajstić information content (AvgIpc) is 2.66. The summed E-state index contributed by atoms with van der Waals surface area (Å²) < 4.78 is 5.15. The zero-order valence-corrected chi connectivity index (χ0v) is 14.0. The molecule has 5 nitrogen and oxygen atoms in total. The summed E-state index contributed by atoms with van der Waals surface area (Å²) in [6, 6.07) is 0.0268. The Morgan fingerprint density at radius 2 is 1.86 bits per heavy atom. The zero-order valence-electron chi connectivity index (χ0n) is 14.0. The molecule has 1 fully saturated rings. The Bertz CT molecular complexity index is 297. The summed E-state index contributed by atoms with van der Waals surface area (Å²) in [7, 11) is 5.80. The topological polar surface area (TPSA) is 58.8 Å². The van der Waals surface area contributed by atoms with E-state index in [1.54, 1.807) is 7.11 Å². The maximum atomic E-state index is 12.8. The van der Waals surface area contributed by atoms with E-state index >= 15 is 0 Å². The quantitative estimate of drug-likeness (QED) is 0.687. The number of methoxy groups -OCH3 is 1. The predicted molar refractivity (Wildman–Crippen MR) is 86.2 cm³/mol. The number of carbonyl (C=O) groups excluding carboxylic acids is 1. The molecule has 5 heteroatoms. The number of carbonyl (C=O) groups is 1. The van der Waals surface area contributed by atoms with Crippen molar-refractivity contribution in [1.82, 2.24) is 9.80 Å². The number of hydrogen-bond acceptors (Lipinski definition) is 4. The van der Waals surface area contributed by atoms with Crippen molar-refractivity contribution in [2.75, 3.05) is 47.4 Å². The second-order valence-corrected chi connectivity index (χ2v) is 6.38. The summed E-state index contributed by atoms with van der Waals surface area (Å²) >= 11 is 0. The highest BCUT2D eigenvalue weighted by Gasteiger charge is 2.30. The van der Waals surface area contributed by atoms with E-state index in [1.807, 2.05) is 4.90 Å². The molecule has 124 valence electrons. The fourth-order valence-electron chi connectivity index (χ4n) is 2.99. The van der Waals surface area contributed by atoms with Crippen LogP contribution in [0.5, 0.6) is 0 Å². The molecule has 0 heterocycles. The van der Waals surface area contributed by atoms with Crippen LogP contribution in [-0.2, 0) is 9.53 Å². The molecule has 1 aliphatic rings. The van der Waals surface area contributed by atoms with Crippen LogP contribution in [0.25, 0.3) is 0 Å². The van der Waals surface area contributed by atoms with Crippen molar-refractivity contribution in [2.24, 2.45) is 11.7 Å². The Labute approximate surface area is 129 Å². The predicted octanol–water partition coefficient (Wildman–Crippen LogP) is 1.32. The molecule has 0 saturated heterocycles. The van der Waals surface area contributed by atoms with Crippen molar-refractivity contribution in [1.29, 1.82) is 0 Å². The number of hydrogen-bond donors (Lipinski definition) is 1. The van der Waals surface area contributed by atoms with E-state index in [2.05, 4.69) is 19.0 Å². The SMILES string of the molecule is COCCN(CCCN(C)C)C(=O)C1CCCCCC1N. The molecule has 0 aliphatic heterocycles. The summed E-state index contributed by atoms with van der Waals surface area (Å²) in [4.78, 5) is 16.9. The first-order valence-corrected chi connectivity index (χ1v) is 8.24. The van der Waals surface area contributed by atoms with Crippen molar-refractivity contribution >= 4 is 5.91 Å². The van der Waals surface area contributed by atoms with Gasteiger partial charge in [0, 0.05) is 26.2 Å². The van der Waals surface area contributed by atoms with Gasteiger partial charge in [-0.05, 0) is 39.9 Å². The van der Waals surface area contributed by atoms with E-state index in [1.165, 1.54) is 6.42 Å². The van der Waals surface area contributed by atoms with Crippen molar-refractivity contribution < 1.29 is 9.53 Å². The Morgan fingerprint density at radius 3 is 2.52 bits per heavy atom. The van der Waals surface area contributed by atoms with Gasteiger partial charge in [0.15, 0.2) is 0 Å². The van der Waals surface area contributed by atoms with Crippen LogP contribution in [0.15, 0.2) is 0 Å². The minimum Gasteiger partial charge on any atom is -0.383 e. The van der Waals surface area contributed by atoms with Gasteiger partial charge in [-0.15, -0.1) is 0 Å². The Morgan fingerprint density at radius 1 is 1.14 bits per heavy atom. The Hall–Kier alpha value is -0.650. The highest BCUT2D eigenvalue weighted by molar-refractivity contribution is 5.79. The molecule has 1 aliphatic carbocycles. The third-order valence-corrected chi connectivity index (χ3v) is 4.30. The van der Waals surface area contributed by atoms with Gasteiger partial charge in [0.1, 0.15) is 0 Å². The van der Waals surface area contributed by atoms with Crippen LogP contribution in [0.4, 0.5) is 0 Å². The van der Waals surface area contributed by atoms with Gasteiger partial charge in [-0.1, -0.05) is 19.3 Å². The first-order chi connectivity index (χ1) is 10.1. The van der Waals surface area contributed by atoms with E-state index in [4.69, 9.17) is 10.5 Å². The zero-order chi connectivity index (χ0) is 15.7. The second kappa shape index (κ2) is 10.1. The van der Waals surface area contributed by atoms with Crippen LogP contribution >= 0.6 is 0 Å². The summed E-state index contributed by atoms with van der Waals surface area (Å²) in [6.07, 6.45) is 6.40. The molecule has 1 amide bonds. The fraction of sp³-hybridized carbons (Fsp3) is 0.938. The molecule has 0 aromatic rings. The first kappa shape index (κ1) is 18.4. The number of amides is 1. The first-order valence-electron chi connectivity index (χ1n) is 8.24. The normalized spacial score (nSPS) is 23.1. The maximum absolute atomic E-state index is 12.8. The lowest BCUT2D eigenvalue weighted by atomic mass is 9.94. The molecule has 0 aromatic heterocycles. The lowest BCUT2D eigenvalue weighted by molar-refractivity contribution is -0.137. The third kappa shape index (κ3) is 6.76. The van der Waals surface area contributed by atoms with Crippen molar-refractivity contribution in [3.63, 3.8) is 0 Å². The minimum absolute atomic E-state index is 0.00344. The van der Waals surface area contributed by atoms with Crippen LogP contribution in [0.2, 0.25) is 0 Å². The molecule has 1 rings (SSSR count). The summed E-state index contributed by atoms with van der Waals surface area (Å²) in [5.74, 6) is 0.240. The minimum atomic E-state index is 0.00344. The van der Waals surface area contributed by atoms with Gasteiger partial charge in [-0.3, -0.25) is 4.79 Å². The molecule has 1 saturated carbocycles. The lowest BCUT2D eigenvalue weighted by Gasteiger charge is -2.29. The van der Waals surface area contributed by atoms with Crippen LogP contribution < -0.4 is 5.73 Å². The molecule has 21 heavy (non-hydrogen) atoms. The molecule has 0 radical (unpaired) electrons. The van der Waals surface area contributed by atoms with Gasteiger partial charge in [-0.25, -0.2) is 0 Å². The van der Waals surface area contributed by atoms with Crippen molar-refractivity contribution in [3.05, 3.63) is 0 Å². The van der Waals surface area contributed by atoms with E-state index in [9.17, 15) is 4.79 Å². The maximum Gasteiger partial charge on any atom is 0.227 e. The van der Waals surface area contributed by atoms with Crippen LogP contribution in [0, 0.1) is 5.92 Å². The van der Waals surface area contributed by atoms with Gasteiger partial charge >= 0.3 is 0 Å². The Kier molecular flexibility index (Phi) is 8.88. The van der Waals surface area contributed by atoms with Gasteiger partial charge in [0.2, 0.25) is 5.91 Å². The molecule has 0 spiro atoms. The van der Waals surface area contributed by atoms with Crippen LogP contribution in [0.1, 0.15) is 38.5 Å². The average molecular weight is 299 g/mol. The molecule has 2 atom stereocenters. The highest BCUT2D eigenvalue weighted by Crippen LogP contribution is 2.24. The van der Waals surface area contributed by atoms with Gasteiger partial charge < -0.3 is 20.3 Å². The molecular weight excluding hydrogens is 266 g/mol. The van der Waals surface area contributed by atoms with E-state index in [0.717, 1.165) is 45.2 Å². The monoisotopic (exact) mass is 299 g/mol. The molecular formula is C16H33N3O2. The summed E-state index contributed by atoms with van der Waals surface area (Å²) in [6.45, 7) is 3.05. The van der Waals surface area contributed by atoms with Gasteiger partial charge in [0.05, 0.1) is 12.5 Å². The highest BCUT2D eigenvalue weighted by atomic mass is 16.5. The molecule has 2 unspecified atom stereocenters. The van der Waals surface area contributed by atoms with Crippen LogP contribution in [0.3, 0.4) is 0 Å². The van der Waals surface area contributed by atoms with Crippen LogP contribution in [-0.4, -0.2) is 69.2 Å². The lowest BCUT2D eigenvalue weighted by Crippen LogP contribution is -2.45. The smallest absolute Gasteiger partial charge is 0.227 e. The number of nitrogens with two attached hydrogens (primary N) is 1. The largest absolute Gasteiger partial charge is 0.383 e. The fourth-order valence-corrected chi connectivity index (χ4v) is 2.99. The second-order valence-electron chi connectivity index (χ2n) is 6.38. The Balaban J connectivity index is 2.58. The van der Waals surface area contributed by atoms with E-state index < -0.39 is 0 Å². The number of nitrogens with zero attached hydrogens (tertiary/aromatic N) is 2. The third-order valence-electron chi connectivity index (χ3n) is 4.30. The van der Waals surface area contributed by atoms with E-state index in [-0.39, 0.29) is 17.9 Å². The molecule has 0 bridgehead atoms. The summed E-state index contributed by atoms with van der Waals surface area (Å²) in [5.41, 5.74) is 6.24. The van der Waals surface area contributed by atoms with Gasteiger partial charge in [-0.2, -0.15) is 0 Å². The van der Waals surface area contributed by atoms with Gasteiger partial charge in [0.25, 0.3) is 0 Å². The molecule has 0 aromatic carbocycles. The van der Waals surface area contributed by atoms with Crippen molar-refractivity contribution in [2.45, 2.75) is 44.6 Å². The molecule has 2 N–H and O–H groups in total. The standard InChI is InChI=1S/C16H33N3O2/c1-18(2)10-7-11-19(12-13-21-3)16(20)14-8-5-4-6-9-15(14)17/h14-15H,4-13,17H2,1-3H3. The number of ether oxygens (including phenoxy) is 1. The number of rotatable bonds is 8. The van der Waals surface area contributed by atoms with E-state index in [0.29, 0.717) is 13.2 Å². The van der Waals surface area contributed by atoms with Crippen molar-refractivity contribution in [3.8, 4) is 0 Å².